The second-order valence-electron chi connectivity index (χ2n) is 5.53. The fraction of sp³-hybridized carbons (Fsp3) is 0.222. The Morgan fingerprint density at radius 1 is 1.22 bits per heavy atom. The predicted molar refractivity (Wildman–Crippen MR) is 90.5 cm³/mol. The van der Waals surface area contributed by atoms with E-state index in [-0.39, 0.29) is 5.91 Å². The molecule has 0 fully saturated rings. The lowest BCUT2D eigenvalue weighted by atomic mass is 10.1. The van der Waals surface area contributed by atoms with Crippen LogP contribution in [0.15, 0.2) is 54.9 Å². The van der Waals surface area contributed by atoms with E-state index in [1.807, 2.05) is 54.9 Å². The SMILES string of the molecule is CCCc1cc(NC(=O)c2ccc(Cn3cccc3)cc2)n[nH]1. The highest BCUT2D eigenvalue weighted by atomic mass is 16.1. The quantitative estimate of drug-likeness (QED) is 0.732. The number of hydrogen-bond acceptors (Lipinski definition) is 2. The largest absolute Gasteiger partial charge is 0.350 e. The zero-order chi connectivity index (χ0) is 16.1. The first-order valence-corrected chi connectivity index (χ1v) is 7.80. The van der Waals surface area contributed by atoms with Crippen LogP contribution in [0, 0.1) is 0 Å². The standard InChI is InChI=1S/C18H20N4O/c1-2-5-16-12-17(21-20-16)19-18(23)15-8-6-14(7-9-15)13-22-10-3-4-11-22/h3-4,6-12H,2,5,13H2,1H3,(H2,19,20,21,23). The normalized spacial score (nSPS) is 10.7. The molecule has 118 valence electrons. The Morgan fingerprint density at radius 3 is 2.65 bits per heavy atom. The molecule has 2 aromatic heterocycles. The molecule has 1 aromatic carbocycles. The molecule has 23 heavy (non-hydrogen) atoms. The van der Waals surface area contributed by atoms with Crippen LogP contribution in [0.1, 0.15) is 35.0 Å². The molecule has 0 aliphatic rings. The molecule has 0 spiro atoms. The molecule has 2 heterocycles. The van der Waals surface area contributed by atoms with Crippen LogP contribution < -0.4 is 5.32 Å². The molecule has 0 aliphatic heterocycles. The minimum atomic E-state index is -0.146. The van der Waals surface area contributed by atoms with Crippen molar-refractivity contribution >= 4 is 11.7 Å². The molecule has 0 unspecified atom stereocenters. The Labute approximate surface area is 135 Å². The van der Waals surface area contributed by atoms with Gasteiger partial charge in [0.25, 0.3) is 5.91 Å². The van der Waals surface area contributed by atoms with Crippen molar-refractivity contribution in [1.29, 1.82) is 0 Å². The van der Waals surface area contributed by atoms with Crippen molar-refractivity contribution < 1.29 is 4.79 Å². The van der Waals surface area contributed by atoms with Gasteiger partial charge in [-0.15, -0.1) is 0 Å². The molecule has 0 bridgehead atoms. The summed E-state index contributed by atoms with van der Waals surface area (Å²) in [6.07, 6.45) is 6.01. The Morgan fingerprint density at radius 2 is 1.96 bits per heavy atom. The lowest BCUT2D eigenvalue weighted by Gasteiger charge is -2.05. The van der Waals surface area contributed by atoms with Gasteiger partial charge in [-0.3, -0.25) is 9.89 Å². The van der Waals surface area contributed by atoms with E-state index in [1.54, 1.807) is 0 Å². The van der Waals surface area contributed by atoms with Crippen molar-refractivity contribution in [3.63, 3.8) is 0 Å². The number of H-pyrrole nitrogens is 1. The number of nitrogens with one attached hydrogen (secondary N) is 2. The second-order valence-corrected chi connectivity index (χ2v) is 5.53. The molecule has 1 amide bonds. The fourth-order valence-electron chi connectivity index (χ4n) is 2.46. The van der Waals surface area contributed by atoms with Crippen LogP contribution in [-0.2, 0) is 13.0 Å². The van der Waals surface area contributed by atoms with E-state index in [2.05, 4.69) is 27.0 Å². The van der Waals surface area contributed by atoms with Crippen molar-refractivity contribution in [3.8, 4) is 0 Å². The lowest BCUT2D eigenvalue weighted by Crippen LogP contribution is -2.12. The number of amides is 1. The summed E-state index contributed by atoms with van der Waals surface area (Å²) in [5.41, 5.74) is 2.81. The number of aromatic nitrogens is 3. The molecule has 0 aliphatic carbocycles. The van der Waals surface area contributed by atoms with Crippen LogP contribution in [0.3, 0.4) is 0 Å². The molecule has 5 nitrogen and oxygen atoms in total. The number of aryl methyl sites for hydroxylation is 1. The minimum absolute atomic E-state index is 0.146. The average molecular weight is 308 g/mol. The van der Waals surface area contributed by atoms with Crippen LogP contribution in [0.4, 0.5) is 5.82 Å². The van der Waals surface area contributed by atoms with Crippen LogP contribution in [0.5, 0.6) is 0 Å². The lowest BCUT2D eigenvalue weighted by molar-refractivity contribution is 0.102. The third kappa shape index (κ3) is 3.88. The van der Waals surface area contributed by atoms with Crippen molar-refractivity contribution in [2.24, 2.45) is 0 Å². The van der Waals surface area contributed by atoms with Crippen LogP contribution in [0.25, 0.3) is 0 Å². The van der Waals surface area contributed by atoms with Gasteiger partial charge in [0.05, 0.1) is 0 Å². The Balaban J connectivity index is 1.62. The third-order valence-corrected chi connectivity index (χ3v) is 3.64. The predicted octanol–water partition coefficient (Wildman–Crippen LogP) is 3.46. The molecule has 0 atom stereocenters. The van der Waals surface area contributed by atoms with Crippen molar-refractivity contribution in [2.45, 2.75) is 26.3 Å². The summed E-state index contributed by atoms with van der Waals surface area (Å²) in [7, 11) is 0. The van der Waals surface area contributed by atoms with Gasteiger partial charge >= 0.3 is 0 Å². The third-order valence-electron chi connectivity index (χ3n) is 3.64. The maximum atomic E-state index is 12.2. The van der Waals surface area contributed by atoms with E-state index in [0.717, 1.165) is 30.6 Å². The van der Waals surface area contributed by atoms with Crippen molar-refractivity contribution in [2.75, 3.05) is 5.32 Å². The second kappa shape index (κ2) is 6.96. The summed E-state index contributed by atoms with van der Waals surface area (Å²) in [4.78, 5) is 12.2. The number of rotatable bonds is 6. The summed E-state index contributed by atoms with van der Waals surface area (Å²) in [6.45, 7) is 2.91. The number of nitrogens with zero attached hydrogens (tertiary/aromatic N) is 2. The Hall–Kier alpha value is -2.82. The van der Waals surface area contributed by atoms with Gasteiger partial charge in [0.2, 0.25) is 0 Å². The van der Waals surface area contributed by atoms with E-state index < -0.39 is 0 Å². The monoisotopic (exact) mass is 308 g/mol. The zero-order valence-electron chi connectivity index (χ0n) is 13.1. The first kappa shape index (κ1) is 15.1. The van der Waals surface area contributed by atoms with Gasteiger partial charge in [-0.2, -0.15) is 5.10 Å². The molecule has 2 N–H and O–H groups in total. The van der Waals surface area contributed by atoms with Crippen molar-refractivity contribution in [3.05, 3.63) is 71.7 Å². The number of anilines is 1. The van der Waals surface area contributed by atoms with Crippen LogP contribution >= 0.6 is 0 Å². The molecule has 5 heteroatoms. The van der Waals surface area contributed by atoms with E-state index >= 15 is 0 Å². The zero-order valence-corrected chi connectivity index (χ0v) is 13.1. The summed E-state index contributed by atoms with van der Waals surface area (Å²) in [5, 5.41) is 9.85. The van der Waals surface area contributed by atoms with E-state index in [4.69, 9.17) is 0 Å². The molecular formula is C18H20N4O. The molecule has 3 rings (SSSR count). The Bertz CT molecular complexity index is 757. The van der Waals surface area contributed by atoms with Gasteiger partial charge in [-0.1, -0.05) is 25.5 Å². The highest BCUT2D eigenvalue weighted by Crippen LogP contribution is 2.11. The fourth-order valence-corrected chi connectivity index (χ4v) is 2.46. The van der Waals surface area contributed by atoms with Gasteiger partial charge in [0.15, 0.2) is 5.82 Å². The molecular weight excluding hydrogens is 288 g/mol. The number of aromatic amines is 1. The first-order chi connectivity index (χ1) is 11.2. The van der Waals surface area contributed by atoms with Crippen LogP contribution in [0.2, 0.25) is 0 Å². The number of benzene rings is 1. The highest BCUT2D eigenvalue weighted by Gasteiger charge is 2.08. The van der Waals surface area contributed by atoms with E-state index in [9.17, 15) is 4.79 Å². The molecule has 3 aromatic rings. The summed E-state index contributed by atoms with van der Waals surface area (Å²) >= 11 is 0. The topological polar surface area (TPSA) is 62.7 Å². The van der Waals surface area contributed by atoms with Crippen molar-refractivity contribution in [1.82, 2.24) is 14.8 Å². The Kier molecular flexibility index (Phi) is 4.57. The number of carbonyl (C=O) groups excluding carboxylic acids is 1. The molecule has 0 saturated heterocycles. The van der Waals surface area contributed by atoms with Gasteiger partial charge in [0, 0.05) is 36.3 Å². The summed E-state index contributed by atoms with van der Waals surface area (Å²) in [6, 6.07) is 13.5. The smallest absolute Gasteiger partial charge is 0.256 e. The van der Waals surface area contributed by atoms with Gasteiger partial charge in [-0.25, -0.2) is 0 Å². The summed E-state index contributed by atoms with van der Waals surface area (Å²) < 4.78 is 2.09. The number of carbonyl (C=O) groups is 1. The maximum absolute atomic E-state index is 12.2. The maximum Gasteiger partial charge on any atom is 0.256 e. The average Bonchev–Trinajstić information content (AvgIpc) is 3.21. The summed E-state index contributed by atoms with van der Waals surface area (Å²) in [5.74, 6) is 0.418. The van der Waals surface area contributed by atoms with Gasteiger partial charge in [0.1, 0.15) is 0 Å². The van der Waals surface area contributed by atoms with Gasteiger partial charge < -0.3 is 9.88 Å². The highest BCUT2D eigenvalue weighted by molar-refractivity contribution is 6.03. The van der Waals surface area contributed by atoms with Crippen LogP contribution in [-0.4, -0.2) is 20.7 Å². The molecule has 0 radical (unpaired) electrons. The first-order valence-electron chi connectivity index (χ1n) is 7.80. The van der Waals surface area contributed by atoms with Gasteiger partial charge in [-0.05, 0) is 36.2 Å². The van der Waals surface area contributed by atoms with E-state index in [1.165, 1.54) is 0 Å². The van der Waals surface area contributed by atoms with E-state index in [0.29, 0.717) is 11.4 Å². The molecule has 0 saturated carbocycles. The minimum Gasteiger partial charge on any atom is -0.350 e. The number of hydrogen-bond donors (Lipinski definition) is 2.